The molecular formula is C32H47NO12. The number of nitrogen functional groups attached to an aromatic ring is 1. The standard InChI is InChI=1S/C32H47NO12/c1-29(2)36-14-19(40-29)21-23(25-27(38-21)44-31(5,6)42-25)34-12-16-9-17(11-18(33)10-16)13-35-24-22(20-15-37-30(3,4)41-20)39-28-26(24)43-32(7,8)45-28/h9-11,19-28H,12-15,33H2,1-8H3/t19-,20-,21?,22?,23+,24+,25-,26-,27-,28-/m1/s1. The van der Waals surface area contributed by atoms with Crippen molar-refractivity contribution < 1.29 is 56.8 Å². The van der Waals surface area contributed by atoms with Crippen molar-refractivity contribution in [3.63, 3.8) is 0 Å². The molecule has 0 amide bonds. The molecule has 2 N–H and O–H groups in total. The van der Waals surface area contributed by atoms with Crippen molar-refractivity contribution in [2.24, 2.45) is 0 Å². The van der Waals surface area contributed by atoms with E-state index in [0.717, 1.165) is 11.1 Å². The fourth-order valence-electron chi connectivity index (χ4n) is 7.08. The van der Waals surface area contributed by atoms with E-state index in [2.05, 4.69) is 0 Å². The summed E-state index contributed by atoms with van der Waals surface area (Å²) in [6.07, 6.45) is -4.38. The zero-order chi connectivity index (χ0) is 31.9. The van der Waals surface area contributed by atoms with Gasteiger partial charge in [0, 0.05) is 5.69 Å². The molecule has 6 heterocycles. The number of hydrogen-bond acceptors (Lipinski definition) is 13. The average molecular weight is 638 g/mol. The van der Waals surface area contributed by atoms with E-state index < -0.39 is 72.4 Å². The van der Waals surface area contributed by atoms with E-state index in [-0.39, 0.29) is 25.4 Å². The van der Waals surface area contributed by atoms with Crippen molar-refractivity contribution in [3.8, 4) is 0 Å². The lowest BCUT2D eigenvalue weighted by Gasteiger charge is -2.29. The Bertz CT molecular complexity index is 1160. The van der Waals surface area contributed by atoms with Gasteiger partial charge in [-0.15, -0.1) is 0 Å². The van der Waals surface area contributed by atoms with Gasteiger partial charge in [0.2, 0.25) is 0 Å². The van der Waals surface area contributed by atoms with E-state index in [1.165, 1.54) is 0 Å². The van der Waals surface area contributed by atoms with Gasteiger partial charge in [0.15, 0.2) is 35.7 Å². The molecule has 2 unspecified atom stereocenters. The summed E-state index contributed by atoms with van der Waals surface area (Å²) in [5.41, 5.74) is 8.71. The van der Waals surface area contributed by atoms with Crippen molar-refractivity contribution in [2.75, 3.05) is 18.9 Å². The zero-order valence-corrected chi connectivity index (χ0v) is 27.3. The Kier molecular flexibility index (Phi) is 8.07. The molecule has 13 nitrogen and oxygen atoms in total. The highest BCUT2D eigenvalue weighted by atomic mass is 16.9. The molecule has 6 aliphatic heterocycles. The van der Waals surface area contributed by atoms with E-state index in [4.69, 9.17) is 62.6 Å². The van der Waals surface area contributed by atoms with Crippen LogP contribution in [0.3, 0.4) is 0 Å². The van der Waals surface area contributed by atoms with Crippen molar-refractivity contribution in [1.29, 1.82) is 0 Å². The first-order chi connectivity index (χ1) is 21.1. The normalized spacial score (nSPS) is 42.3. The number of anilines is 1. The maximum absolute atomic E-state index is 6.51. The minimum atomic E-state index is -0.786. The molecule has 1 aromatic carbocycles. The van der Waals surface area contributed by atoms with Gasteiger partial charge < -0.3 is 62.6 Å². The second kappa shape index (κ2) is 11.3. The number of rotatable bonds is 8. The third-order valence-corrected chi connectivity index (χ3v) is 8.81. The van der Waals surface area contributed by atoms with Crippen LogP contribution in [0.1, 0.15) is 66.5 Å². The minimum absolute atomic E-state index is 0.264. The van der Waals surface area contributed by atoms with Crippen LogP contribution in [0.4, 0.5) is 5.69 Å². The molecule has 0 aliphatic carbocycles. The summed E-state index contributed by atoms with van der Waals surface area (Å²) in [4.78, 5) is 0. The average Bonchev–Trinajstić information content (AvgIpc) is 3.73. The van der Waals surface area contributed by atoms with Gasteiger partial charge in [-0.3, -0.25) is 0 Å². The van der Waals surface area contributed by atoms with Gasteiger partial charge in [-0.2, -0.15) is 0 Å². The van der Waals surface area contributed by atoms with Crippen molar-refractivity contribution >= 4 is 5.69 Å². The van der Waals surface area contributed by atoms with E-state index in [1.54, 1.807) is 0 Å². The van der Waals surface area contributed by atoms with E-state index in [1.807, 2.05) is 73.6 Å². The number of benzene rings is 1. The third-order valence-electron chi connectivity index (χ3n) is 8.81. The maximum atomic E-state index is 6.51. The van der Waals surface area contributed by atoms with Crippen LogP contribution in [0.2, 0.25) is 0 Å². The van der Waals surface area contributed by atoms with Crippen LogP contribution in [0.5, 0.6) is 0 Å². The smallest absolute Gasteiger partial charge is 0.190 e. The van der Waals surface area contributed by atoms with Gasteiger partial charge in [0.25, 0.3) is 0 Å². The van der Waals surface area contributed by atoms with Crippen LogP contribution in [-0.4, -0.2) is 97.8 Å². The molecule has 10 atom stereocenters. The second-order valence-corrected chi connectivity index (χ2v) is 14.5. The summed E-state index contributed by atoms with van der Waals surface area (Å²) in [5.74, 6) is -2.99. The first kappa shape index (κ1) is 32.1. The van der Waals surface area contributed by atoms with Crippen molar-refractivity contribution in [1.82, 2.24) is 0 Å². The van der Waals surface area contributed by atoms with Gasteiger partial charge in [-0.25, -0.2) is 0 Å². The molecular weight excluding hydrogens is 590 g/mol. The predicted octanol–water partition coefficient (Wildman–Crippen LogP) is 3.10. The summed E-state index contributed by atoms with van der Waals surface area (Å²) in [7, 11) is 0. The number of hydrogen-bond donors (Lipinski definition) is 1. The van der Waals surface area contributed by atoms with Gasteiger partial charge in [0.1, 0.15) is 48.8 Å². The molecule has 252 valence electrons. The highest BCUT2D eigenvalue weighted by Crippen LogP contribution is 2.44. The zero-order valence-electron chi connectivity index (χ0n) is 27.3. The molecule has 0 saturated carbocycles. The lowest BCUT2D eigenvalue weighted by Crippen LogP contribution is -2.44. The third kappa shape index (κ3) is 6.65. The van der Waals surface area contributed by atoms with Crippen LogP contribution in [-0.2, 0) is 70.1 Å². The fraction of sp³-hybridized carbons (Fsp3) is 0.812. The number of nitrogens with two attached hydrogens (primary N) is 1. The Balaban J connectivity index is 1.04. The summed E-state index contributed by atoms with van der Waals surface area (Å²) in [5, 5.41) is 0. The summed E-state index contributed by atoms with van der Waals surface area (Å²) >= 11 is 0. The van der Waals surface area contributed by atoms with E-state index in [9.17, 15) is 0 Å². The molecule has 6 fully saturated rings. The van der Waals surface area contributed by atoms with Gasteiger partial charge in [0.05, 0.1) is 26.4 Å². The summed E-state index contributed by atoms with van der Waals surface area (Å²) in [6, 6.07) is 5.79. The van der Waals surface area contributed by atoms with Crippen LogP contribution in [0, 0.1) is 0 Å². The maximum Gasteiger partial charge on any atom is 0.190 e. The number of fused-ring (bicyclic) bond motifs is 2. The quantitative estimate of drug-likeness (QED) is 0.419. The highest BCUT2D eigenvalue weighted by molar-refractivity contribution is 5.44. The molecule has 13 heteroatoms. The Morgan fingerprint density at radius 1 is 0.578 bits per heavy atom. The molecule has 7 rings (SSSR count). The highest BCUT2D eigenvalue weighted by Gasteiger charge is 2.60. The van der Waals surface area contributed by atoms with Gasteiger partial charge in [-0.1, -0.05) is 6.07 Å². The molecule has 0 radical (unpaired) electrons. The monoisotopic (exact) mass is 637 g/mol. The fourth-order valence-corrected chi connectivity index (χ4v) is 7.08. The Hall–Kier alpha value is -1.46. The first-order valence-corrected chi connectivity index (χ1v) is 15.8. The van der Waals surface area contributed by atoms with Gasteiger partial charge >= 0.3 is 0 Å². The van der Waals surface area contributed by atoms with Crippen LogP contribution in [0.15, 0.2) is 18.2 Å². The summed E-state index contributed by atoms with van der Waals surface area (Å²) < 4.78 is 73.9. The largest absolute Gasteiger partial charge is 0.399 e. The molecule has 45 heavy (non-hydrogen) atoms. The minimum Gasteiger partial charge on any atom is -0.399 e. The first-order valence-electron chi connectivity index (χ1n) is 15.8. The van der Waals surface area contributed by atoms with Crippen LogP contribution in [0.25, 0.3) is 0 Å². The van der Waals surface area contributed by atoms with Crippen LogP contribution >= 0.6 is 0 Å². The topological polar surface area (TPSA) is 137 Å². The molecule has 6 aliphatic rings. The SMILES string of the molecule is CC1(C)O[C@H]2OC([C@H]3COC(C)(C)O3)[C@H](OCc3cc(N)cc(CO[C@H]4C([C@H]5COC(C)(C)O5)O[C@@H]5OC(C)(C)O[C@@H]54)c3)[C@H]2O1. The molecule has 0 aromatic heterocycles. The summed E-state index contributed by atoms with van der Waals surface area (Å²) in [6.45, 7) is 16.3. The van der Waals surface area contributed by atoms with E-state index >= 15 is 0 Å². The second-order valence-electron chi connectivity index (χ2n) is 14.5. The molecule has 0 spiro atoms. The Morgan fingerprint density at radius 3 is 1.38 bits per heavy atom. The molecule has 1 aromatic rings. The van der Waals surface area contributed by atoms with Crippen LogP contribution < -0.4 is 5.73 Å². The van der Waals surface area contributed by atoms with Crippen molar-refractivity contribution in [2.45, 2.75) is 153 Å². The lowest BCUT2D eigenvalue weighted by atomic mass is 10.0. The Labute approximate surface area is 264 Å². The lowest BCUT2D eigenvalue weighted by molar-refractivity contribution is -0.236. The number of ether oxygens (including phenoxy) is 12. The Morgan fingerprint density at radius 2 is 1.00 bits per heavy atom. The molecule has 6 saturated heterocycles. The van der Waals surface area contributed by atoms with Gasteiger partial charge in [-0.05, 0) is 78.6 Å². The predicted molar refractivity (Wildman–Crippen MR) is 155 cm³/mol. The van der Waals surface area contributed by atoms with Crippen molar-refractivity contribution in [3.05, 3.63) is 29.3 Å². The van der Waals surface area contributed by atoms with E-state index in [0.29, 0.717) is 18.9 Å². The molecule has 0 bridgehead atoms.